The maximum atomic E-state index is 14.1. The molecule has 40 heavy (non-hydrogen) atoms. The molecule has 8 unspecified atom stereocenters. The Hall–Kier alpha value is -1.52. The van der Waals surface area contributed by atoms with E-state index in [2.05, 4.69) is 27.7 Å². The molecule has 0 spiro atoms. The minimum absolute atomic E-state index is 0.0452. The van der Waals surface area contributed by atoms with Crippen LogP contribution < -0.4 is 0 Å². The molecule has 220 valence electrons. The van der Waals surface area contributed by atoms with Crippen LogP contribution in [0.4, 0.5) is 0 Å². The summed E-state index contributed by atoms with van der Waals surface area (Å²) in [6.45, 7) is 8.87. The summed E-state index contributed by atoms with van der Waals surface area (Å²) in [7, 11) is 0. The molecule has 0 aromatic rings. The minimum atomic E-state index is -0.485. The zero-order chi connectivity index (χ0) is 28.2. The summed E-state index contributed by atoms with van der Waals surface area (Å²) >= 11 is 0. The molecule has 0 heterocycles. The van der Waals surface area contributed by atoms with Crippen LogP contribution in [-0.2, 0) is 23.9 Å². The first-order valence-corrected chi connectivity index (χ1v) is 16.7. The molecule has 0 aromatic carbocycles. The summed E-state index contributed by atoms with van der Waals surface area (Å²) < 4.78 is 6.36. The van der Waals surface area contributed by atoms with E-state index in [1.165, 1.54) is 32.1 Å². The summed E-state index contributed by atoms with van der Waals surface area (Å²) in [5.41, 5.74) is -0.849. The van der Waals surface area contributed by atoms with Gasteiger partial charge in [-0.05, 0) is 123 Å². The maximum Gasteiger partial charge on any atom is 0.306 e. The van der Waals surface area contributed by atoms with Crippen LogP contribution in [0.1, 0.15) is 118 Å². The van der Waals surface area contributed by atoms with Crippen molar-refractivity contribution in [3.8, 4) is 0 Å². The van der Waals surface area contributed by atoms with Crippen LogP contribution in [0.2, 0.25) is 0 Å². The molecule has 8 saturated carbocycles. The number of rotatable bonds is 5. The van der Waals surface area contributed by atoms with Crippen molar-refractivity contribution in [2.45, 2.75) is 123 Å². The van der Waals surface area contributed by atoms with Gasteiger partial charge in [0.05, 0.1) is 0 Å². The molecule has 8 atom stereocenters. The monoisotopic (exact) mass is 550 g/mol. The Balaban J connectivity index is 1.03. The van der Waals surface area contributed by atoms with Gasteiger partial charge in [-0.15, -0.1) is 0 Å². The molecule has 0 N–H and O–H groups in total. The van der Waals surface area contributed by atoms with Gasteiger partial charge < -0.3 is 4.74 Å². The summed E-state index contributed by atoms with van der Waals surface area (Å²) in [6, 6.07) is 0. The van der Waals surface area contributed by atoms with Crippen LogP contribution in [0.5, 0.6) is 0 Å². The number of ether oxygens (including phenoxy) is 1. The third kappa shape index (κ3) is 3.83. The highest BCUT2D eigenvalue weighted by Gasteiger charge is 2.66. The topological polar surface area (TPSA) is 77.5 Å². The lowest BCUT2D eigenvalue weighted by molar-refractivity contribution is -0.203. The third-order valence-corrected chi connectivity index (χ3v) is 14.8. The summed E-state index contributed by atoms with van der Waals surface area (Å²) in [4.78, 5) is 53.2. The summed E-state index contributed by atoms with van der Waals surface area (Å²) in [6.07, 6.45) is 12.3. The predicted molar refractivity (Wildman–Crippen MR) is 151 cm³/mol. The number of hydrogen-bond acceptors (Lipinski definition) is 5. The first-order chi connectivity index (χ1) is 18.9. The standard InChI is InChI=1S/C35H50O5/c1-19(5-8-31(39)40-35(4)23-12-20-11-21(14-23)15-24(35)13-20)26-6-7-27-32-28(18-30(38)34(26,27)3)33(2)10-9-25(36)16-22(33)17-29(32)37/h19-24,26-28,32H,5-18H2,1-4H3. The van der Waals surface area contributed by atoms with Gasteiger partial charge in [-0.2, -0.15) is 0 Å². The van der Waals surface area contributed by atoms with Gasteiger partial charge in [0.15, 0.2) is 0 Å². The zero-order valence-corrected chi connectivity index (χ0v) is 25.2. The third-order valence-electron chi connectivity index (χ3n) is 14.8. The molecular weight excluding hydrogens is 500 g/mol. The second kappa shape index (κ2) is 9.24. The number of ketones is 3. The number of esters is 1. The number of fused-ring (bicyclic) bond motifs is 5. The lowest BCUT2D eigenvalue weighted by Crippen LogP contribution is -2.60. The fraction of sp³-hybridized carbons (Fsp3) is 0.886. The van der Waals surface area contributed by atoms with Crippen molar-refractivity contribution in [1.82, 2.24) is 0 Å². The van der Waals surface area contributed by atoms with Gasteiger partial charge >= 0.3 is 5.97 Å². The van der Waals surface area contributed by atoms with E-state index in [-0.39, 0.29) is 58.3 Å². The van der Waals surface area contributed by atoms with E-state index >= 15 is 0 Å². The molecule has 8 rings (SSSR count). The van der Waals surface area contributed by atoms with Crippen molar-refractivity contribution in [3.63, 3.8) is 0 Å². The smallest absolute Gasteiger partial charge is 0.306 e. The summed E-state index contributed by atoms with van der Waals surface area (Å²) in [5.74, 6) is 4.35. The average molecular weight is 551 g/mol. The van der Waals surface area contributed by atoms with E-state index in [0.29, 0.717) is 55.5 Å². The Morgan fingerprint density at radius 2 is 1.55 bits per heavy atom. The maximum absolute atomic E-state index is 14.1. The fourth-order valence-electron chi connectivity index (χ4n) is 12.5. The van der Waals surface area contributed by atoms with Crippen LogP contribution in [0, 0.1) is 70.0 Å². The number of Topliss-reactive ketones (excluding diaryl/α,β-unsaturated/α-hetero) is 3. The van der Waals surface area contributed by atoms with Gasteiger partial charge in [0.25, 0.3) is 0 Å². The molecule has 8 aliphatic carbocycles. The van der Waals surface area contributed by atoms with E-state index in [9.17, 15) is 19.2 Å². The Bertz CT molecular complexity index is 1090. The molecule has 8 fully saturated rings. The number of hydrogen-bond donors (Lipinski definition) is 0. The highest BCUT2D eigenvalue weighted by Crippen LogP contribution is 2.66. The predicted octanol–water partition coefficient (Wildman–Crippen LogP) is 6.75. The van der Waals surface area contributed by atoms with E-state index < -0.39 is 5.41 Å². The van der Waals surface area contributed by atoms with Crippen molar-refractivity contribution >= 4 is 23.3 Å². The van der Waals surface area contributed by atoms with E-state index in [1.807, 2.05) is 0 Å². The Morgan fingerprint density at radius 1 is 0.875 bits per heavy atom. The van der Waals surface area contributed by atoms with Crippen molar-refractivity contribution in [2.75, 3.05) is 0 Å². The van der Waals surface area contributed by atoms with Crippen molar-refractivity contribution in [3.05, 3.63) is 0 Å². The first kappa shape index (κ1) is 27.3. The molecule has 0 radical (unpaired) electrons. The lowest BCUT2D eigenvalue weighted by atomic mass is 9.44. The first-order valence-electron chi connectivity index (χ1n) is 16.7. The molecule has 4 bridgehead atoms. The Kier molecular flexibility index (Phi) is 6.31. The normalized spacial score (nSPS) is 51.7. The second-order valence-electron chi connectivity index (χ2n) is 16.4. The van der Waals surface area contributed by atoms with Crippen LogP contribution in [0.25, 0.3) is 0 Å². The van der Waals surface area contributed by atoms with Gasteiger partial charge in [0.2, 0.25) is 0 Å². The van der Waals surface area contributed by atoms with Gasteiger partial charge in [-0.3, -0.25) is 19.2 Å². The number of carbonyl (C=O) groups is 4. The molecule has 5 nitrogen and oxygen atoms in total. The average Bonchev–Trinajstić information content (AvgIpc) is 3.26. The largest absolute Gasteiger partial charge is 0.459 e. The van der Waals surface area contributed by atoms with Crippen LogP contribution in [0.3, 0.4) is 0 Å². The van der Waals surface area contributed by atoms with Crippen LogP contribution in [0.15, 0.2) is 0 Å². The van der Waals surface area contributed by atoms with Gasteiger partial charge in [0, 0.05) is 43.4 Å². The fourth-order valence-corrected chi connectivity index (χ4v) is 12.5. The Labute approximate surface area is 240 Å². The van der Waals surface area contributed by atoms with Crippen LogP contribution >= 0.6 is 0 Å². The summed E-state index contributed by atoms with van der Waals surface area (Å²) in [5, 5.41) is 0. The lowest BCUT2D eigenvalue weighted by Gasteiger charge is -2.59. The van der Waals surface area contributed by atoms with Gasteiger partial charge in [-0.1, -0.05) is 20.8 Å². The molecule has 5 heteroatoms. The number of carbonyl (C=O) groups excluding carboxylic acids is 4. The quantitative estimate of drug-likeness (QED) is 0.354. The molecule has 0 saturated heterocycles. The van der Waals surface area contributed by atoms with E-state index in [4.69, 9.17) is 4.74 Å². The highest BCUT2D eigenvalue weighted by molar-refractivity contribution is 5.93. The molecule has 8 aliphatic rings. The van der Waals surface area contributed by atoms with Crippen LogP contribution in [-0.4, -0.2) is 28.9 Å². The second-order valence-corrected chi connectivity index (χ2v) is 16.4. The SMILES string of the molecule is CC(CCC(=O)OC1(C)C2CC3CC(C2)CC1C3)C1CCC2C3C(=O)CC4CC(=O)CCC4(C)C3CC(=O)C12C. The zero-order valence-electron chi connectivity index (χ0n) is 25.2. The van der Waals surface area contributed by atoms with E-state index in [0.717, 1.165) is 37.5 Å². The molecule has 0 aliphatic heterocycles. The minimum Gasteiger partial charge on any atom is -0.459 e. The van der Waals surface area contributed by atoms with Crippen molar-refractivity contribution in [2.24, 2.45) is 70.0 Å². The highest BCUT2D eigenvalue weighted by atomic mass is 16.6. The van der Waals surface area contributed by atoms with Crippen molar-refractivity contribution < 1.29 is 23.9 Å². The molecular formula is C35H50O5. The van der Waals surface area contributed by atoms with E-state index in [1.54, 1.807) is 0 Å². The Morgan fingerprint density at radius 3 is 2.23 bits per heavy atom. The van der Waals surface area contributed by atoms with Gasteiger partial charge in [-0.25, -0.2) is 0 Å². The van der Waals surface area contributed by atoms with Crippen molar-refractivity contribution in [1.29, 1.82) is 0 Å². The molecule has 0 amide bonds. The molecule has 0 aromatic heterocycles. The van der Waals surface area contributed by atoms with Gasteiger partial charge in [0.1, 0.15) is 23.0 Å².